The van der Waals surface area contributed by atoms with E-state index in [0.29, 0.717) is 39.6 Å². The maximum atomic E-state index is 12.7. The van der Waals surface area contributed by atoms with Crippen LogP contribution in [0.5, 0.6) is 0 Å². The predicted octanol–water partition coefficient (Wildman–Crippen LogP) is 2.16. The number of aromatic amines is 1. The molecule has 2 aliphatic rings. The van der Waals surface area contributed by atoms with E-state index in [1.807, 2.05) is 0 Å². The second-order valence-electron chi connectivity index (χ2n) is 8.13. The van der Waals surface area contributed by atoms with Crippen LogP contribution < -0.4 is 5.56 Å². The number of rotatable bonds is 7. The number of nitrogens with zero attached hydrogens (tertiary/aromatic N) is 3. The zero-order valence-corrected chi connectivity index (χ0v) is 18.6. The first kappa shape index (κ1) is 21.4. The first-order chi connectivity index (χ1) is 14.6. The number of carbonyl (C=O) groups is 1. The minimum absolute atomic E-state index is 0.185. The number of aromatic nitrogens is 2. The number of piperazine rings is 1. The Morgan fingerprint density at radius 2 is 1.93 bits per heavy atom. The number of fused-ring (bicyclic) bond motifs is 1. The van der Waals surface area contributed by atoms with Crippen LogP contribution in [0.15, 0.2) is 4.79 Å². The van der Waals surface area contributed by atoms with Gasteiger partial charge >= 0.3 is 5.97 Å². The molecule has 2 fully saturated rings. The molecule has 1 N–H and O–H groups in total. The maximum absolute atomic E-state index is 12.7. The van der Waals surface area contributed by atoms with Gasteiger partial charge < -0.3 is 14.5 Å². The van der Waals surface area contributed by atoms with E-state index in [9.17, 15) is 9.59 Å². The fraction of sp³-hybridized carbons (Fsp3) is 0.667. The normalized spacial score (nSPS) is 19.0. The molecule has 0 radical (unpaired) electrons. The minimum atomic E-state index is -0.434. The zero-order chi connectivity index (χ0) is 21.1. The molecule has 164 valence electrons. The van der Waals surface area contributed by atoms with Crippen LogP contribution in [0.3, 0.4) is 0 Å². The van der Waals surface area contributed by atoms with Gasteiger partial charge in [-0.3, -0.25) is 14.6 Å². The van der Waals surface area contributed by atoms with E-state index in [2.05, 4.69) is 19.8 Å². The first-order valence-electron chi connectivity index (χ1n) is 10.7. The summed E-state index contributed by atoms with van der Waals surface area (Å²) in [7, 11) is 1.55. The molecule has 1 saturated heterocycles. The molecule has 4 rings (SSSR count). The number of nitrogens with one attached hydrogen (secondary N) is 1. The lowest BCUT2D eigenvalue weighted by molar-refractivity contribution is 0.0393. The summed E-state index contributed by atoms with van der Waals surface area (Å²) in [5.74, 6) is 0.221. The molecule has 3 heterocycles. The molecule has 0 amide bonds. The fourth-order valence-electron chi connectivity index (χ4n) is 4.51. The first-order valence-corrected chi connectivity index (χ1v) is 11.5. The monoisotopic (exact) mass is 434 g/mol. The molecule has 1 saturated carbocycles. The molecule has 2 aromatic heterocycles. The number of aryl methyl sites for hydroxylation is 1. The number of thiophene rings is 1. The third-order valence-electron chi connectivity index (χ3n) is 6.18. The van der Waals surface area contributed by atoms with Crippen LogP contribution in [0, 0.1) is 6.92 Å². The molecule has 2 aromatic rings. The minimum Gasteiger partial charge on any atom is -0.459 e. The number of carbonyl (C=O) groups excluding carboxylic acids is 1. The molecular weight excluding hydrogens is 404 g/mol. The summed E-state index contributed by atoms with van der Waals surface area (Å²) < 4.78 is 10.1. The third kappa shape index (κ3) is 4.59. The zero-order valence-electron chi connectivity index (χ0n) is 17.7. The van der Waals surface area contributed by atoms with E-state index in [-0.39, 0.29) is 12.2 Å². The number of H-pyrrole nitrogens is 1. The van der Waals surface area contributed by atoms with Crippen LogP contribution in [0.4, 0.5) is 0 Å². The number of methoxy groups -OCH3 is 1. The molecule has 9 heteroatoms. The van der Waals surface area contributed by atoms with Gasteiger partial charge in [0.1, 0.15) is 22.1 Å². The van der Waals surface area contributed by atoms with Gasteiger partial charge in [-0.2, -0.15) is 0 Å². The summed E-state index contributed by atoms with van der Waals surface area (Å²) >= 11 is 1.22. The van der Waals surface area contributed by atoms with Crippen LogP contribution in [0.2, 0.25) is 0 Å². The lowest BCUT2D eigenvalue weighted by atomic mass is 10.2. The second-order valence-corrected chi connectivity index (χ2v) is 9.13. The summed E-state index contributed by atoms with van der Waals surface area (Å²) in [6.07, 6.45) is 5.38. The Morgan fingerprint density at radius 3 is 2.63 bits per heavy atom. The molecule has 0 unspecified atom stereocenters. The van der Waals surface area contributed by atoms with Crippen LogP contribution in [-0.2, 0) is 16.0 Å². The van der Waals surface area contributed by atoms with E-state index < -0.39 is 5.97 Å². The van der Waals surface area contributed by atoms with Crippen molar-refractivity contribution >= 4 is 27.5 Å². The summed E-state index contributed by atoms with van der Waals surface area (Å²) in [5, 5.41) is 0.480. The largest absolute Gasteiger partial charge is 0.459 e. The van der Waals surface area contributed by atoms with Crippen molar-refractivity contribution < 1.29 is 14.3 Å². The molecular formula is C21H30N4O4S. The van der Waals surface area contributed by atoms with Crippen molar-refractivity contribution in [3.8, 4) is 0 Å². The quantitative estimate of drug-likeness (QED) is 0.528. The van der Waals surface area contributed by atoms with E-state index in [1.165, 1.54) is 37.0 Å². The molecule has 1 aliphatic heterocycles. The summed E-state index contributed by atoms with van der Waals surface area (Å²) in [4.78, 5) is 38.6. The Hall–Kier alpha value is -1.81. The van der Waals surface area contributed by atoms with Gasteiger partial charge in [0.05, 0.1) is 18.5 Å². The third-order valence-corrected chi connectivity index (χ3v) is 7.34. The smallest absolute Gasteiger partial charge is 0.348 e. The van der Waals surface area contributed by atoms with Crippen molar-refractivity contribution in [1.82, 2.24) is 19.8 Å². The Kier molecular flexibility index (Phi) is 6.82. The van der Waals surface area contributed by atoms with Crippen LogP contribution in [-0.4, -0.2) is 78.3 Å². The van der Waals surface area contributed by atoms with Gasteiger partial charge in [0.25, 0.3) is 5.56 Å². The SMILES string of the molecule is COCCOC(=O)c1sc2nc(CN3CCN(C4CCCC4)CC3)[nH]c(=O)c2c1C. The highest BCUT2D eigenvalue weighted by Crippen LogP contribution is 2.28. The number of esters is 1. The van der Waals surface area contributed by atoms with Crippen LogP contribution >= 0.6 is 11.3 Å². The second kappa shape index (κ2) is 9.55. The summed E-state index contributed by atoms with van der Waals surface area (Å²) in [5.41, 5.74) is 0.437. The Labute approximate surface area is 180 Å². The molecule has 0 aromatic carbocycles. The van der Waals surface area contributed by atoms with Crippen molar-refractivity contribution in [3.05, 3.63) is 26.6 Å². The van der Waals surface area contributed by atoms with E-state index in [1.54, 1.807) is 14.0 Å². The number of hydrogen-bond donors (Lipinski definition) is 1. The van der Waals surface area contributed by atoms with Crippen molar-refractivity contribution in [1.29, 1.82) is 0 Å². The van der Waals surface area contributed by atoms with Crippen molar-refractivity contribution in [3.63, 3.8) is 0 Å². The lowest BCUT2D eigenvalue weighted by Crippen LogP contribution is -2.49. The Balaban J connectivity index is 1.44. The highest BCUT2D eigenvalue weighted by atomic mass is 32.1. The van der Waals surface area contributed by atoms with Crippen LogP contribution in [0.1, 0.15) is 46.7 Å². The summed E-state index contributed by atoms with van der Waals surface area (Å²) in [6.45, 7) is 7.04. The Morgan fingerprint density at radius 1 is 1.20 bits per heavy atom. The highest BCUT2D eigenvalue weighted by molar-refractivity contribution is 7.20. The van der Waals surface area contributed by atoms with Gasteiger partial charge in [-0.1, -0.05) is 12.8 Å². The van der Waals surface area contributed by atoms with Gasteiger partial charge in [-0.05, 0) is 25.3 Å². The van der Waals surface area contributed by atoms with Crippen molar-refractivity contribution in [2.75, 3.05) is 46.5 Å². The van der Waals surface area contributed by atoms with Crippen molar-refractivity contribution in [2.45, 2.75) is 45.2 Å². The van der Waals surface area contributed by atoms with E-state index in [0.717, 1.165) is 32.2 Å². The predicted molar refractivity (Wildman–Crippen MR) is 116 cm³/mol. The van der Waals surface area contributed by atoms with Gasteiger partial charge in [-0.25, -0.2) is 9.78 Å². The van der Waals surface area contributed by atoms with Crippen LogP contribution in [0.25, 0.3) is 10.2 Å². The summed E-state index contributed by atoms with van der Waals surface area (Å²) in [6, 6.07) is 0.762. The number of hydrogen-bond acceptors (Lipinski definition) is 8. The maximum Gasteiger partial charge on any atom is 0.348 e. The van der Waals surface area contributed by atoms with E-state index >= 15 is 0 Å². The average molecular weight is 435 g/mol. The molecule has 0 spiro atoms. The van der Waals surface area contributed by atoms with Gasteiger partial charge in [0.2, 0.25) is 0 Å². The molecule has 0 bridgehead atoms. The standard InChI is InChI=1S/C21H30N4O4S/c1-14-17-19(26)22-16(23-20(17)30-18(14)21(27)29-12-11-28-2)13-24-7-9-25(10-8-24)15-5-3-4-6-15/h15H,3-13H2,1-2H3,(H,22,23,26). The van der Waals surface area contributed by atoms with Gasteiger partial charge in [0, 0.05) is 39.3 Å². The Bertz CT molecular complexity index is 942. The molecule has 30 heavy (non-hydrogen) atoms. The van der Waals surface area contributed by atoms with Crippen molar-refractivity contribution in [2.24, 2.45) is 0 Å². The fourth-order valence-corrected chi connectivity index (χ4v) is 5.60. The average Bonchev–Trinajstić information content (AvgIpc) is 3.37. The van der Waals surface area contributed by atoms with E-state index in [4.69, 9.17) is 9.47 Å². The van der Waals surface area contributed by atoms with Gasteiger partial charge in [0.15, 0.2) is 0 Å². The highest BCUT2D eigenvalue weighted by Gasteiger charge is 2.27. The van der Waals surface area contributed by atoms with Gasteiger partial charge in [-0.15, -0.1) is 11.3 Å². The molecule has 1 aliphatic carbocycles. The topological polar surface area (TPSA) is 87.8 Å². The molecule has 8 nitrogen and oxygen atoms in total. The molecule has 0 atom stereocenters. The number of ether oxygens (including phenoxy) is 2. The lowest BCUT2D eigenvalue weighted by Gasteiger charge is -2.37.